The Kier molecular flexibility index (Phi) is 7.30. The lowest BCUT2D eigenvalue weighted by molar-refractivity contribution is -0.115. The zero-order chi connectivity index (χ0) is 23.3. The Bertz CT molecular complexity index is 1390. The van der Waals surface area contributed by atoms with E-state index in [2.05, 4.69) is 5.32 Å². The van der Waals surface area contributed by atoms with Gasteiger partial charge in [-0.15, -0.1) is 11.3 Å². The molecule has 1 amide bonds. The summed E-state index contributed by atoms with van der Waals surface area (Å²) in [6, 6.07) is 11.9. The molecule has 32 heavy (non-hydrogen) atoms. The van der Waals surface area contributed by atoms with Crippen molar-refractivity contribution < 1.29 is 18.3 Å². The molecule has 0 unspecified atom stereocenters. The zero-order valence-corrected chi connectivity index (χ0v) is 18.1. The predicted molar refractivity (Wildman–Crippen MR) is 118 cm³/mol. The Morgan fingerprint density at radius 2 is 2.06 bits per heavy atom. The van der Waals surface area contributed by atoms with Crippen molar-refractivity contribution in [3.63, 3.8) is 0 Å². The quantitative estimate of drug-likeness (QED) is 0.574. The number of nitrogens with one attached hydrogen (secondary N) is 1. The Hall–Kier alpha value is -3.61. The highest BCUT2D eigenvalue weighted by molar-refractivity contribution is 7.07. The van der Waals surface area contributed by atoms with Gasteiger partial charge in [0, 0.05) is 19.7 Å². The van der Waals surface area contributed by atoms with Gasteiger partial charge in [0.2, 0.25) is 0 Å². The van der Waals surface area contributed by atoms with Crippen molar-refractivity contribution in [2.75, 3.05) is 20.3 Å². The minimum absolute atomic E-state index is 0.0585. The Morgan fingerprint density at radius 1 is 1.28 bits per heavy atom. The van der Waals surface area contributed by atoms with E-state index in [9.17, 15) is 23.6 Å². The highest BCUT2D eigenvalue weighted by atomic mass is 32.1. The highest BCUT2D eigenvalue weighted by Crippen LogP contribution is 2.12. The minimum Gasteiger partial charge on any atom is -0.383 e. The van der Waals surface area contributed by atoms with Crippen molar-refractivity contribution in [1.29, 1.82) is 5.26 Å². The van der Waals surface area contributed by atoms with Crippen LogP contribution in [0.4, 0.5) is 8.78 Å². The molecular weight excluding hydrogens is 436 g/mol. The van der Waals surface area contributed by atoms with Gasteiger partial charge in [0.1, 0.15) is 22.4 Å². The number of methoxy groups -OCH3 is 1. The fourth-order valence-corrected chi connectivity index (χ4v) is 4.09. The molecule has 0 bridgehead atoms. The third kappa shape index (κ3) is 4.99. The molecule has 0 aliphatic heterocycles. The number of aryl methyl sites for hydroxylation is 1. The molecule has 0 aliphatic rings. The van der Waals surface area contributed by atoms with Gasteiger partial charge in [0.15, 0.2) is 5.57 Å². The highest BCUT2D eigenvalue weighted by Gasteiger charge is 2.19. The Morgan fingerprint density at radius 3 is 2.72 bits per heavy atom. The Labute approximate surface area is 186 Å². The number of hydrogen-bond donors (Lipinski definition) is 1. The monoisotopic (exact) mass is 455 g/mol. The maximum absolute atomic E-state index is 14.6. The van der Waals surface area contributed by atoms with Crippen LogP contribution in [-0.4, -0.2) is 30.7 Å². The molecule has 9 heteroatoms. The molecule has 0 saturated heterocycles. The summed E-state index contributed by atoms with van der Waals surface area (Å²) >= 11 is 0.878. The van der Waals surface area contributed by atoms with Crippen LogP contribution in [0.3, 0.4) is 0 Å². The SMILES string of the molecule is COCCNC(=O)/C(C#N)=c1\s/c(=C\c2cccc(C)c2)c(=O)n1-c1ccc(F)cc1F. The first-order valence-electron chi connectivity index (χ1n) is 9.53. The van der Waals surface area contributed by atoms with Gasteiger partial charge >= 0.3 is 0 Å². The predicted octanol–water partition coefficient (Wildman–Crippen LogP) is 1.75. The van der Waals surface area contributed by atoms with Crippen LogP contribution in [0.25, 0.3) is 17.3 Å². The average molecular weight is 455 g/mol. The number of amides is 1. The van der Waals surface area contributed by atoms with Crippen LogP contribution in [0, 0.1) is 29.9 Å². The van der Waals surface area contributed by atoms with Gasteiger partial charge < -0.3 is 10.1 Å². The molecule has 164 valence electrons. The van der Waals surface area contributed by atoms with E-state index >= 15 is 0 Å². The van der Waals surface area contributed by atoms with E-state index in [1.165, 1.54) is 7.11 Å². The summed E-state index contributed by atoms with van der Waals surface area (Å²) < 4.78 is 34.0. The van der Waals surface area contributed by atoms with Crippen LogP contribution in [0.5, 0.6) is 0 Å². The number of rotatable bonds is 6. The molecule has 6 nitrogen and oxygen atoms in total. The van der Waals surface area contributed by atoms with Crippen LogP contribution in [0.2, 0.25) is 0 Å². The van der Waals surface area contributed by atoms with Crippen LogP contribution in [0.1, 0.15) is 11.1 Å². The molecule has 1 aromatic heterocycles. The molecule has 1 N–H and O–H groups in total. The summed E-state index contributed by atoms with van der Waals surface area (Å²) in [5.41, 5.74) is 0.446. The van der Waals surface area contributed by atoms with Crippen molar-refractivity contribution in [3.05, 3.63) is 84.8 Å². The first kappa shape index (κ1) is 23.1. The van der Waals surface area contributed by atoms with Crippen LogP contribution in [-0.2, 0) is 9.53 Å². The third-order valence-electron chi connectivity index (χ3n) is 4.46. The third-order valence-corrected chi connectivity index (χ3v) is 5.55. The normalized spacial score (nSPS) is 12.4. The molecule has 3 rings (SSSR count). The van der Waals surface area contributed by atoms with Gasteiger partial charge in [-0.2, -0.15) is 5.26 Å². The second kappa shape index (κ2) is 10.1. The minimum atomic E-state index is -0.995. The molecule has 3 aromatic rings. The van der Waals surface area contributed by atoms with E-state index in [1.807, 2.05) is 25.1 Å². The summed E-state index contributed by atoms with van der Waals surface area (Å²) in [6.45, 7) is 2.26. The number of carbonyl (C=O) groups is 1. The lowest BCUT2D eigenvalue weighted by atomic mass is 10.1. The summed E-state index contributed by atoms with van der Waals surface area (Å²) in [5, 5.41) is 12.2. The number of benzene rings is 2. The van der Waals surface area contributed by atoms with E-state index < -0.39 is 23.1 Å². The van der Waals surface area contributed by atoms with Crippen molar-refractivity contribution in [2.45, 2.75) is 6.92 Å². The Balaban J connectivity index is 2.33. The van der Waals surface area contributed by atoms with Gasteiger partial charge in [0.25, 0.3) is 11.5 Å². The van der Waals surface area contributed by atoms with E-state index in [-0.39, 0.29) is 33.6 Å². The molecule has 0 aliphatic carbocycles. The maximum Gasteiger partial charge on any atom is 0.273 e. The maximum atomic E-state index is 14.6. The van der Waals surface area contributed by atoms with Crippen molar-refractivity contribution in [1.82, 2.24) is 9.88 Å². The lowest BCUT2D eigenvalue weighted by Crippen LogP contribution is -2.35. The topological polar surface area (TPSA) is 84.1 Å². The van der Waals surface area contributed by atoms with Crippen molar-refractivity contribution in [3.8, 4) is 11.8 Å². The van der Waals surface area contributed by atoms with Gasteiger partial charge in [0.05, 0.1) is 16.8 Å². The average Bonchev–Trinajstić information content (AvgIpc) is 3.04. The summed E-state index contributed by atoms with van der Waals surface area (Å²) in [5.74, 6) is -2.54. The van der Waals surface area contributed by atoms with Crippen LogP contribution < -0.4 is 20.1 Å². The number of ether oxygens (including phenoxy) is 1. The van der Waals surface area contributed by atoms with Gasteiger partial charge in [-0.05, 0) is 30.7 Å². The van der Waals surface area contributed by atoms with E-state index in [0.717, 1.165) is 39.2 Å². The van der Waals surface area contributed by atoms with Crippen molar-refractivity contribution >= 4 is 28.9 Å². The summed E-state index contributed by atoms with van der Waals surface area (Å²) in [6.07, 6.45) is 1.60. The first-order chi connectivity index (χ1) is 15.3. The van der Waals surface area contributed by atoms with E-state index in [0.29, 0.717) is 6.07 Å². The second-order valence-electron chi connectivity index (χ2n) is 6.80. The van der Waals surface area contributed by atoms with Gasteiger partial charge in [-0.25, -0.2) is 8.78 Å². The molecule has 2 aromatic carbocycles. The number of halogens is 2. The molecule has 1 heterocycles. The van der Waals surface area contributed by atoms with Crippen molar-refractivity contribution in [2.24, 2.45) is 0 Å². The largest absolute Gasteiger partial charge is 0.383 e. The van der Waals surface area contributed by atoms with Gasteiger partial charge in [-0.1, -0.05) is 29.8 Å². The molecular formula is C23H19F2N3O3S. The molecule has 0 fully saturated rings. The molecule has 0 atom stereocenters. The number of thiazole rings is 1. The number of nitrogens with zero attached hydrogens (tertiary/aromatic N) is 2. The first-order valence-corrected chi connectivity index (χ1v) is 10.3. The van der Waals surface area contributed by atoms with Crippen LogP contribution >= 0.6 is 11.3 Å². The fourth-order valence-electron chi connectivity index (χ4n) is 2.99. The van der Waals surface area contributed by atoms with E-state index in [1.54, 1.807) is 18.2 Å². The standard InChI is InChI=1S/C23H19F2N3O3S/c1-14-4-3-5-15(10-14)11-20-22(30)28(19-7-6-16(24)12-18(19)25)23(32-20)17(13-26)21(29)27-8-9-31-2/h3-7,10-12H,8-9H2,1-2H3,(H,27,29)/b20-11-,23-17-. The lowest BCUT2D eigenvalue weighted by Gasteiger charge is -2.06. The second-order valence-corrected chi connectivity index (χ2v) is 7.83. The van der Waals surface area contributed by atoms with Gasteiger partial charge in [-0.3, -0.25) is 14.2 Å². The number of aromatic nitrogens is 1. The summed E-state index contributed by atoms with van der Waals surface area (Å²) in [4.78, 5) is 25.8. The summed E-state index contributed by atoms with van der Waals surface area (Å²) in [7, 11) is 1.46. The van der Waals surface area contributed by atoms with Crippen LogP contribution in [0.15, 0.2) is 47.3 Å². The smallest absolute Gasteiger partial charge is 0.273 e. The molecule has 0 spiro atoms. The van der Waals surface area contributed by atoms with E-state index in [4.69, 9.17) is 4.74 Å². The molecule has 0 saturated carbocycles. The molecule has 0 radical (unpaired) electrons. The number of carbonyl (C=O) groups excluding carboxylic acids is 1. The number of nitriles is 1. The fraction of sp³-hybridized carbons (Fsp3) is 0.174. The number of hydrogen-bond acceptors (Lipinski definition) is 5. The zero-order valence-electron chi connectivity index (χ0n) is 17.3.